The van der Waals surface area contributed by atoms with E-state index in [0.717, 1.165) is 0 Å². The third kappa shape index (κ3) is 3.46. The Balaban J connectivity index is 2.32. The highest BCUT2D eigenvalue weighted by Crippen LogP contribution is 2.30. The fourth-order valence-electron chi connectivity index (χ4n) is 2.09. The highest BCUT2D eigenvalue weighted by atomic mass is 35.5. The van der Waals surface area contributed by atoms with Crippen molar-refractivity contribution in [3.05, 3.63) is 40.6 Å². The number of halogens is 1. The number of hydrogen-bond acceptors (Lipinski definition) is 4. The number of nitrogens with one attached hydrogen (secondary N) is 1. The Labute approximate surface area is 132 Å². The summed E-state index contributed by atoms with van der Waals surface area (Å²) in [4.78, 5) is 23.1. The molecule has 2 N–H and O–H groups in total. The zero-order chi connectivity index (χ0) is 16.3. The van der Waals surface area contributed by atoms with Gasteiger partial charge in [0, 0.05) is 11.6 Å². The number of carboxylic acid groups (broad SMARTS) is 1. The standard InChI is InChI=1S/C15H15ClN2O4/c1-8(7-12(19)20)17-15(21)13-9(2)22-18-14(13)10-5-3-4-6-11(10)16/h3-6,8H,7H2,1-2H3,(H,17,21)(H,19,20). The lowest BCUT2D eigenvalue weighted by atomic mass is 10.1. The van der Waals surface area contributed by atoms with Crippen LogP contribution in [-0.4, -0.2) is 28.2 Å². The van der Waals surface area contributed by atoms with Crippen molar-refractivity contribution in [2.75, 3.05) is 0 Å². The predicted molar refractivity (Wildman–Crippen MR) is 80.9 cm³/mol. The van der Waals surface area contributed by atoms with Gasteiger partial charge in [0.25, 0.3) is 5.91 Å². The van der Waals surface area contributed by atoms with Crippen LogP contribution >= 0.6 is 11.6 Å². The summed E-state index contributed by atoms with van der Waals surface area (Å²) in [6.07, 6.45) is -0.169. The second-order valence-electron chi connectivity index (χ2n) is 4.91. The highest BCUT2D eigenvalue weighted by molar-refractivity contribution is 6.33. The highest BCUT2D eigenvalue weighted by Gasteiger charge is 2.24. The van der Waals surface area contributed by atoms with Gasteiger partial charge in [0.15, 0.2) is 0 Å². The van der Waals surface area contributed by atoms with Gasteiger partial charge in [0.05, 0.1) is 11.4 Å². The molecule has 0 aliphatic carbocycles. The molecule has 0 spiro atoms. The molecular weight excluding hydrogens is 308 g/mol. The molecule has 1 amide bonds. The monoisotopic (exact) mass is 322 g/mol. The zero-order valence-electron chi connectivity index (χ0n) is 12.1. The molecule has 0 aliphatic heterocycles. The molecule has 0 saturated heterocycles. The summed E-state index contributed by atoms with van der Waals surface area (Å²) in [5.74, 6) is -1.08. The van der Waals surface area contributed by atoms with Crippen LogP contribution < -0.4 is 5.32 Å². The van der Waals surface area contributed by atoms with E-state index in [1.807, 2.05) is 0 Å². The average Bonchev–Trinajstić information content (AvgIpc) is 2.80. The number of nitrogens with zero attached hydrogens (tertiary/aromatic N) is 1. The molecule has 0 aliphatic rings. The summed E-state index contributed by atoms with van der Waals surface area (Å²) in [5.41, 5.74) is 1.17. The third-order valence-corrected chi connectivity index (χ3v) is 3.41. The molecule has 2 aromatic rings. The molecule has 1 aromatic heterocycles. The van der Waals surface area contributed by atoms with E-state index < -0.39 is 17.9 Å². The van der Waals surface area contributed by atoms with E-state index >= 15 is 0 Å². The third-order valence-electron chi connectivity index (χ3n) is 3.08. The van der Waals surface area contributed by atoms with Crippen molar-refractivity contribution in [1.29, 1.82) is 0 Å². The molecule has 6 nitrogen and oxygen atoms in total. The van der Waals surface area contributed by atoms with Crippen LogP contribution in [0.15, 0.2) is 28.8 Å². The minimum Gasteiger partial charge on any atom is -0.481 e. The molecule has 1 heterocycles. The van der Waals surface area contributed by atoms with Crippen molar-refractivity contribution < 1.29 is 19.2 Å². The van der Waals surface area contributed by atoms with E-state index in [0.29, 0.717) is 22.0 Å². The van der Waals surface area contributed by atoms with Crippen LogP contribution in [0.3, 0.4) is 0 Å². The first-order chi connectivity index (χ1) is 10.4. The number of aliphatic carboxylic acids is 1. The summed E-state index contributed by atoms with van der Waals surface area (Å²) in [5, 5.41) is 15.7. The Morgan fingerprint density at radius 2 is 2.09 bits per heavy atom. The first-order valence-corrected chi connectivity index (χ1v) is 7.01. The van der Waals surface area contributed by atoms with Gasteiger partial charge in [-0.1, -0.05) is 35.0 Å². The molecule has 0 bridgehead atoms. The Bertz CT molecular complexity index is 711. The van der Waals surface area contributed by atoms with Gasteiger partial charge < -0.3 is 14.9 Å². The van der Waals surface area contributed by atoms with Crippen molar-refractivity contribution >= 4 is 23.5 Å². The molecule has 7 heteroatoms. The maximum absolute atomic E-state index is 12.4. The first-order valence-electron chi connectivity index (χ1n) is 6.64. The van der Waals surface area contributed by atoms with E-state index in [-0.39, 0.29) is 12.0 Å². The van der Waals surface area contributed by atoms with Crippen LogP contribution in [0.5, 0.6) is 0 Å². The Morgan fingerprint density at radius 1 is 1.41 bits per heavy atom. The van der Waals surface area contributed by atoms with Gasteiger partial charge in [-0.05, 0) is 19.9 Å². The Hall–Kier alpha value is -2.34. The maximum Gasteiger partial charge on any atom is 0.305 e. The maximum atomic E-state index is 12.4. The van der Waals surface area contributed by atoms with Crippen LogP contribution in [0.1, 0.15) is 29.5 Å². The number of carbonyl (C=O) groups excluding carboxylic acids is 1. The molecule has 22 heavy (non-hydrogen) atoms. The molecule has 0 radical (unpaired) electrons. The smallest absolute Gasteiger partial charge is 0.305 e. The quantitative estimate of drug-likeness (QED) is 0.883. The van der Waals surface area contributed by atoms with E-state index in [2.05, 4.69) is 10.5 Å². The van der Waals surface area contributed by atoms with Crippen molar-refractivity contribution in [3.8, 4) is 11.3 Å². The van der Waals surface area contributed by atoms with Gasteiger partial charge in [-0.3, -0.25) is 9.59 Å². The molecular formula is C15H15ClN2O4. The second-order valence-corrected chi connectivity index (χ2v) is 5.32. The normalized spacial score (nSPS) is 12.0. The molecule has 2 rings (SSSR count). The summed E-state index contributed by atoms with van der Waals surface area (Å²) < 4.78 is 5.10. The van der Waals surface area contributed by atoms with Crippen molar-refractivity contribution in [2.45, 2.75) is 26.3 Å². The van der Waals surface area contributed by atoms with Gasteiger partial charge in [0.1, 0.15) is 17.0 Å². The molecule has 0 fully saturated rings. The number of carbonyl (C=O) groups is 2. The van der Waals surface area contributed by atoms with Gasteiger partial charge in [-0.15, -0.1) is 0 Å². The minimum atomic E-state index is -0.985. The summed E-state index contributed by atoms with van der Waals surface area (Å²) >= 11 is 6.13. The molecule has 1 aromatic carbocycles. The van der Waals surface area contributed by atoms with Crippen LogP contribution in [0.4, 0.5) is 0 Å². The lowest BCUT2D eigenvalue weighted by Crippen LogP contribution is -2.34. The lowest BCUT2D eigenvalue weighted by Gasteiger charge is -2.11. The number of amides is 1. The van der Waals surface area contributed by atoms with Crippen LogP contribution in [0.25, 0.3) is 11.3 Å². The lowest BCUT2D eigenvalue weighted by molar-refractivity contribution is -0.137. The number of rotatable bonds is 5. The fraction of sp³-hybridized carbons (Fsp3) is 0.267. The average molecular weight is 323 g/mol. The Morgan fingerprint density at radius 3 is 2.73 bits per heavy atom. The number of benzene rings is 1. The van der Waals surface area contributed by atoms with Crippen molar-refractivity contribution in [1.82, 2.24) is 10.5 Å². The Kier molecular flexibility index (Phi) is 4.82. The van der Waals surface area contributed by atoms with E-state index in [1.54, 1.807) is 38.1 Å². The summed E-state index contributed by atoms with van der Waals surface area (Å²) in [6, 6.07) is 6.46. The first kappa shape index (κ1) is 16.0. The largest absolute Gasteiger partial charge is 0.481 e. The van der Waals surface area contributed by atoms with E-state index in [4.69, 9.17) is 21.2 Å². The van der Waals surface area contributed by atoms with Crippen LogP contribution in [-0.2, 0) is 4.79 Å². The number of aromatic nitrogens is 1. The van der Waals surface area contributed by atoms with Gasteiger partial charge in [-0.25, -0.2) is 0 Å². The van der Waals surface area contributed by atoms with E-state index in [1.165, 1.54) is 0 Å². The van der Waals surface area contributed by atoms with E-state index in [9.17, 15) is 9.59 Å². The van der Waals surface area contributed by atoms with Gasteiger partial charge in [0.2, 0.25) is 0 Å². The molecule has 0 saturated carbocycles. The fourth-order valence-corrected chi connectivity index (χ4v) is 2.31. The number of hydrogen-bond donors (Lipinski definition) is 2. The predicted octanol–water partition coefficient (Wildman–Crippen LogP) is 2.90. The molecule has 1 unspecified atom stereocenters. The topological polar surface area (TPSA) is 92.4 Å². The number of aryl methyl sites for hydroxylation is 1. The summed E-state index contributed by atoms with van der Waals surface area (Å²) in [6.45, 7) is 3.23. The molecule has 1 atom stereocenters. The van der Waals surface area contributed by atoms with Crippen LogP contribution in [0.2, 0.25) is 5.02 Å². The van der Waals surface area contributed by atoms with Crippen LogP contribution in [0, 0.1) is 6.92 Å². The molecule has 116 valence electrons. The van der Waals surface area contributed by atoms with Gasteiger partial charge >= 0.3 is 5.97 Å². The minimum absolute atomic E-state index is 0.169. The zero-order valence-corrected chi connectivity index (χ0v) is 12.8. The van der Waals surface area contributed by atoms with Crippen molar-refractivity contribution in [3.63, 3.8) is 0 Å². The van der Waals surface area contributed by atoms with Gasteiger partial charge in [-0.2, -0.15) is 0 Å². The SMILES string of the molecule is Cc1onc(-c2ccccc2Cl)c1C(=O)NC(C)CC(=O)O. The number of carboxylic acids is 1. The summed E-state index contributed by atoms with van der Waals surface area (Å²) in [7, 11) is 0. The van der Waals surface area contributed by atoms with Crippen molar-refractivity contribution in [2.24, 2.45) is 0 Å². The second kappa shape index (κ2) is 6.62.